The molecule has 0 aliphatic carbocycles. The number of hydrogen-bond donors (Lipinski definition) is 2. The largest absolute Gasteiger partial charge is 0.480 e. The first-order valence-corrected chi connectivity index (χ1v) is 10.4. The van der Waals surface area contributed by atoms with E-state index in [0.29, 0.717) is 22.2 Å². The SMILES string of the molecule is O=C(N[C@@H](Cc1ccc2nc(-c3c(F)cccc3Cl)ccc2c1)C(=O)O)c1c(F)cccc1F. The minimum atomic E-state index is -1.44. The number of pyridine rings is 1. The van der Waals surface area contributed by atoms with Crippen molar-refractivity contribution >= 4 is 34.4 Å². The Balaban J connectivity index is 1.59. The molecule has 3 aromatic carbocycles. The van der Waals surface area contributed by atoms with E-state index < -0.39 is 40.9 Å². The summed E-state index contributed by atoms with van der Waals surface area (Å²) >= 11 is 6.12. The Labute approximate surface area is 196 Å². The van der Waals surface area contributed by atoms with Crippen LogP contribution in [0.15, 0.2) is 66.7 Å². The number of amides is 1. The van der Waals surface area contributed by atoms with Crippen LogP contribution >= 0.6 is 11.6 Å². The van der Waals surface area contributed by atoms with Gasteiger partial charge in [-0.15, -0.1) is 0 Å². The minimum Gasteiger partial charge on any atom is -0.480 e. The number of carboxylic acids is 1. The van der Waals surface area contributed by atoms with Crippen LogP contribution in [-0.2, 0) is 11.2 Å². The average molecular weight is 485 g/mol. The fraction of sp³-hybridized carbons (Fsp3) is 0.0800. The zero-order chi connectivity index (χ0) is 24.4. The molecule has 1 heterocycles. The topological polar surface area (TPSA) is 79.3 Å². The number of halogens is 4. The Morgan fingerprint density at radius 1 is 0.941 bits per heavy atom. The second-order valence-corrected chi connectivity index (χ2v) is 7.89. The standard InChI is InChI=1S/C25H16ClF3N2O3/c26-15-3-1-4-16(27)22(15)20-10-8-14-11-13(7-9-19(14)30-20)12-21(25(33)34)31-24(32)23-17(28)5-2-6-18(23)29/h1-11,21H,12H2,(H,31,32)(H,33,34)/t21-/m0/s1. The molecule has 0 aliphatic rings. The number of hydrogen-bond acceptors (Lipinski definition) is 3. The van der Waals surface area contributed by atoms with Gasteiger partial charge in [-0.05, 0) is 48.0 Å². The summed E-state index contributed by atoms with van der Waals surface area (Å²) in [6.07, 6.45) is -0.145. The third kappa shape index (κ3) is 4.72. The monoisotopic (exact) mass is 484 g/mol. The van der Waals surface area contributed by atoms with E-state index in [9.17, 15) is 27.9 Å². The molecule has 34 heavy (non-hydrogen) atoms. The molecule has 172 valence electrons. The van der Waals surface area contributed by atoms with Crippen LogP contribution in [-0.4, -0.2) is 28.0 Å². The molecule has 5 nitrogen and oxygen atoms in total. The molecule has 0 radical (unpaired) electrons. The Bertz CT molecular complexity index is 1390. The quantitative estimate of drug-likeness (QED) is 0.384. The zero-order valence-electron chi connectivity index (χ0n) is 17.4. The molecule has 0 unspecified atom stereocenters. The van der Waals surface area contributed by atoms with Gasteiger partial charge in [0.2, 0.25) is 0 Å². The lowest BCUT2D eigenvalue weighted by atomic mass is 10.0. The Hall–Kier alpha value is -3.91. The number of aliphatic carboxylic acids is 1. The summed E-state index contributed by atoms with van der Waals surface area (Å²) in [7, 11) is 0. The van der Waals surface area contributed by atoms with E-state index in [0.717, 1.165) is 18.2 Å². The molecule has 0 saturated heterocycles. The smallest absolute Gasteiger partial charge is 0.326 e. The number of fused-ring (bicyclic) bond motifs is 1. The van der Waals surface area contributed by atoms with Crippen molar-refractivity contribution in [2.24, 2.45) is 0 Å². The molecule has 0 fully saturated rings. The molecule has 9 heteroatoms. The van der Waals surface area contributed by atoms with Crippen molar-refractivity contribution in [3.8, 4) is 11.3 Å². The summed E-state index contributed by atoms with van der Waals surface area (Å²) < 4.78 is 42.0. The summed E-state index contributed by atoms with van der Waals surface area (Å²) in [5.41, 5.74) is 0.712. The molecule has 4 rings (SSSR count). The van der Waals surface area contributed by atoms with Gasteiger partial charge >= 0.3 is 5.97 Å². The lowest BCUT2D eigenvalue weighted by Gasteiger charge is -2.16. The number of carbonyl (C=O) groups is 2. The summed E-state index contributed by atoms with van der Waals surface area (Å²) in [5, 5.41) is 12.6. The summed E-state index contributed by atoms with van der Waals surface area (Å²) in [5.74, 6) is -5.24. The second kappa shape index (κ2) is 9.52. The molecule has 0 spiro atoms. The summed E-state index contributed by atoms with van der Waals surface area (Å²) in [4.78, 5) is 28.5. The molecule has 1 atom stereocenters. The number of carbonyl (C=O) groups excluding carboxylic acids is 1. The van der Waals surface area contributed by atoms with Gasteiger partial charge < -0.3 is 10.4 Å². The Kier molecular flexibility index (Phi) is 6.51. The third-order valence-electron chi connectivity index (χ3n) is 5.21. The van der Waals surface area contributed by atoms with Crippen LogP contribution < -0.4 is 5.32 Å². The van der Waals surface area contributed by atoms with Gasteiger partial charge in [-0.1, -0.05) is 35.9 Å². The summed E-state index contributed by atoms with van der Waals surface area (Å²) in [6, 6.07) is 14.0. The van der Waals surface area contributed by atoms with Crippen LogP contribution in [0.2, 0.25) is 5.02 Å². The predicted octanol–water partition coefficient (Wildman–Crippen LogP) is 5.40. The molecule has 0 bridgehead atoms. The number of carboxylic acid groups (broad SMARTS) is 1. The molecular weight excluding hydrogens is 469 g/mol. The first-order valence-electron chi connectivity index (χ1n) is 10.1. The molecule has 1 aromatic heterocycles. The number of aromatic nitrogens is 1. The second-order valence-electron chi connectivity index (χ2n) is 7.49. The van der Waals surface area contributed by atoms with E-state index in [2.05, 4.69) is 10.3 Å². The van der Waals surface area contributed by atoms with Gasteiger partial charge in [0.15, 0.2) is 0 Å². The van der Waals surface area contributed by atoms with Crippen LogP contribution in [0.3, 0.4) is 0 Å². The highest BCUT2D eigenvalue weighted by molar-refractivity contribution is 6.33. The maximum atomic E-state index is 14.2. The van der Waals surface area contributed by atoms with Crippen molar-refractivity contribution in [3.63, 3.8) is 0 Å². The predicted molar refractivity (Wildman–Crippen MR) is 121 cm³/mol. The van der Waals surface area contributed by atoms with E-state index in [1.165, 1.54) is 12.1 Å². The number of nitrogens with zero attached hydrogens (tertiary/aromatic N) is 1. The van der Waals surface area contributed by atoms with Crippen LogP contribution in [0.4, 0.5) is 13.2 Å². The fourth-order valence-corrected chi connectivity index (χ4v) is 3.82. The fourth-order valence-electron chi connectivity index (χ4n) is 3.56. The van der Waals surface area contributed by atoms with Crippen molar-refractivity contribution in [2.45, 2.75) is 12.5 Å². The first-order chi connectivity index (χ1) is 16.2. The number of rotatable bonds is 6. The molecule has 0 saturated carbocycles. The number of nitrogens with one attached hydrogen (secondary N) is 1. The third-order valence-corrected chi connectivity index (χ3v) is 5.52. The van der Waals surface area contributed by atoms with E-state index >= 15 is 0 Å². The van der Waals surface area contributed by atoms with Gasteiger partial charge in [0.25, 0.3) is 5.91 Å². The van der Waals surface area contributed by atoms with E-state index in [4.69, 9.17) is 11.6 Å². The van der Waals surface area contributed by atoms with Crippen LogP contribution in [0.25, 0.3) is 22.2 Å². The van der Waals surface area contributed by atoms with Gasteiger partial charge in [-0.2, -0.15) is 0 Å². The van der Waals surface area contributed by atoms with Gasteiger partial charge in [0, 0.05) is 11.8 Å². The summed E-state index contributed by atoms with van der Waals surface area (Å²) in [6.45, 7) is 0. The lowest BCUT2D eigenvalue weighted by Crippen LogP contribution is -2.42. The van der Waals surface area contributed by atoms with Crippen molar-refractivity contribution < 1.29 is 27.9 Å². The van der Waals surface area contributed by atoms with Gasteiger partial charge in [-0.3, -0.25) is 4.79 Å². The van der Waals surface area contributed by atoms with Gasteiger partial charge in [0.1, 0.15) is 29.1 Å². The lowest BCUT2D eigenvalue weighted by molar-refractivity contribution is -0.139. The normalized spacial score (nSPS) is 11.9. The average Bonchev–Trinajstić information content (AvgIpc) is 2.78. The molecule has 2 N–H and O–H groups in total. The molecule has 0 aliphatic heterocycles. The maximum absolute atomic E-state index is 14.2. The number of benzene rings is 3. The highest BCUT2D eigenvalue weighted by Crippen LogP contribution is 2.30. The van der Waals surface area contributed by atoms with Crippen molar-refractivity contribution in [3.05, 3.63) is 100 Å². The van der Waals surface area contributed by atoms with E-state index in [1.807, 2.05) is 0 Å². The van der Waals surface area contributed by atoms with Gasteiger partial charge in [0.05, 0.1) is 21.8 Å². The van der Waals surface area contributed by atoms with Crippen molar-refractivity contribution in [1.29, 1.82) is 0 Å². The highest BCUT2D eigenvalue weighted by Gasteiger charge is 2.25. The van der Waals surface area contributed by atoms with E-state index in [-0.39, 0.29) is 17.0 Å². The Morgan fingerprint density at radius 3 is 2.29 bits per heavy atom. The van der Waals surface area contributed by atoms with Crippen molar-refractivity contribution in [2.75, 3.05) is 0 Å². The Morgan fingerprint density at radius 2 is 1.62 bits per heavy atom. The maximum Gasteiger partial charge on any atom is 0.326 e. The van der Waals surface area contributed by atoms with Gasteiger partial charge in [-0.25, -0.2) is 22.9 Å². The minimum absolute atomic E-state index is 0.145. The highest BCUT2D eigenvalue weighted by atomic mass is 35.5. The first kappa shape index (κ1) is 23.3. The van der Waals surface area contributed by atoms with Crippen LogP contribution in [0.1, 0.15) is 15.9 Å². The van der Waals surface area contributed by atoms with Crippen LogP contribution in [0.5, 0.6) is 0 Å². The van der Waals surface area contributed by atoms with E-state index in [1.54, 1.807) is 36.4 Å². The molecular formula is C25H16ClF3N2O3. The molecule has 4 aromatic rings. The molecule has 1 amide bonds. The van der Waals surface area contributed by atoms with Crippen molar-refractivity contribution in [1.82, 2.24) is 10.3 Å². The zero-order valence-corrected chi connectivity index (χ0v) is 18.1. The van der Waals surface area contributed by atoms with Crippen LogP contribution in [0, 0.1) is 17.5 Å².